The molecular formula is C12H19N. The SMILES string of the molecule is CC1CN(CC2CC3C=CC2C3)C1. The molecule has 0 spiro atoms. The fourth-order valence-corrected chi connectivity index (χ4v) is 3.41. The number of likely N-dealkylation sites (tertiary alicyclic amines) is 1. The molecule has 1 aliphatic heterocycles. The highest BCUT2D eigenvalue weighted by atomic mass is 15.2. The smallest absolute Gasteiger partial charge is 0.00195 e. The first-order valence-electron chi connectivity index (χ1n) is 5.72. The van der Waals surface area contributed by atoms with Crippen LogP contribution in [0.4, 0.5) is 0 Å². The molecule has 1 nitrogen and oxygen atoms in total. The van der Waals surface area contributed by atoms with Gasteiger partial charge in [-0.15, -0.1) is 0 Å². The number of rotatable bonds is 2. The van der Waals surface area contributed by atoms with Gasteiger partial charge in [-0.2, -0.15) is 0 Å². The van der Waals surface area contributed by atoms with Crippen molar-refractivity contribution in [3.05, 3.63) is 12.2 Å². The molecular weight excluding hydrogens is 158 g/mol. The maximum atomic E-state index is 2.64. The van der Waals surface area contributed by atoms with Gasteiger partial charge in [0, 0.05) is 19.6 Å². The van der Waals surface area contributed by atoms with Crippen LogP contribution in [-0.4, -0.2) is 24.5 Å². The van der Waals surface area contributed by atoms with Crippen molar-refractivity contribution in [2.45, 2.75) is 19.8 Å². The van der Waals surface area contributed by atoms with Crippen LogP contribution in [0.3, 0.4) is 0 Å². The lowest BCUT2D eigenvalue weighted by Gasteiger charge is -2.39. The Morgan fingerprint density at radius 1 is 1.23 bits per heavy atom. The third-order valence-electron chi connectivity index (χ3n) is 4.05. The predicted molar refractivity (Wildman–Crippen MR) is 54.4 cm³/mol. The van der Waals surface area contributed by atoms with Gasteiger partial charge in [0.15, 0.2) is 0 Å². The highest BCUT2D eigenvalue weighted by Crippen LogP contribution is 2.44. The lowest BCUT2D eigenvalue weighted by molar-refractivity contribution is 0.0867. The average Bonchev–Trinajstić information content (AvgIpc) is 2.62. The van der Waals surface area contributed by atoms with E-state index in [-0.39, 0.29) is 0 Å². The van der Waals surface area contributed by atoms with E-state index >= 15 is 0 Å². The molecule has 1 heteroatoms. The summed E-state index contributed by atoms with van der Waals surface area (Å²) in [6, 6.07) is 0. The lowest BCUT2D eigenvalue weighted by Crippen LogP contribution is -2.47. The maximum Gasteiger partial charge on any atom is 0.00195 e. The highest BCUT2D eigenvalue weighted by Gasteiger charge is 2.37. The Morgan fingerprint density at radius 2 is 2.08 bits per heavy atom. The van der Waals surface area contributed by atoms with Crippen molar-refractivity contribution in [3.63, 3.8) is 0 Å². The van der Waals surface area contributed by atoms with E-state index < -0.39 is 0 Å². The molecule has 3 unspecified atom stereocenters. The molecule has 2 bridgehead atoms. The van der Waals surface area contributed by atoms with Gasteiger partial charge < -0.3 is 4.90 Å². The third kappa shape index (κ3) is 1.34. The van der Waals surface area contributed by atoms with E-state index in [4.69, 9.17) is 0 Å². The number of hydrogen-bond acceptors (Lipinski definition) is 1. The van der Waals surface area contributed by atoms with Crippen molar-refractivity contribution in [3.8, 4) is 0 Å². The standard InChI is InChI=1S/C12H19N/c1-9-6-13(7-9)8-12-5-10-2-3-11(12)4-10/h2-3,9-12H,4-8H2,1H3. The molecule has 1 saturated carbocycles. The van der Waals surface area contributed by atoms with E-state index in [9.17, 15) is 0 Å². The van der Waals surface area contributed by atoms with E-state index in [1.807, 2.05) is 0 Å². The second-order valence-corrected chi connectivity index (χ2v) is 5.36. The quantitative estimate of drug-likeness (QED) is 0.584. The Hall–Kier alpha value is -0.300. The molecule has 13 heavy (non-hydrogen) atoms. The van der Waals surface area contributed by atoms with Crippen molar-refractivity contribution >= 4 is 0 Å². The van der Waals surface area contributed by atoms with E-state index in [1.54, 1.807) is 0 Å². The van der Waals surface area contributed by atoms with Crippen LogP contribution in [-0.2, 0) is 0 Å². The van der Waals surface area contributed by atoms with E-state index in [0.29, 0.717) is 0 Å². The summed E-state index contributed by atoms with van der Waals surface area (Å²) >= 11 is 0. The number of allylic oxidation sites excluding steroid dienone is 2. The fourth-order valence-electron chi connectivity index (χ4n) is 3.41. The second-order valence-electron chi connectivity index (χ2n) is 5.36. The fraction of sp³-hybridized carbons (Fsp3) is 0.833. The van der Waals surface area contributed by atoms with Crippen molar-refractivity contribution in [2.75, 3.05) is 19.6 Å². The first-order valence-corrected chi connectivity index (χ1v) is 5.72. The van der Waals surface area contributed by atoms with Gasteiger partial charge in [0.25, 0.3) is 0 Å². The number of hydrogen-bond donors (Lipinski definition) is 0. The molecule has 0 aromatic rings. The summed E-state index contributed by atoms with van der Waals surface area (Å²) in [5, 5.41) is 0. The zero-order valence-electron chi connectivity index (χ0n) is 8.45. The molecule has 72 valence electrons. The number of nitrogens with zero attached hydrogens (tertiary/aromatic N) is 1. The first-order chi connectivity index (χ1) is 6.31. The molecule has 3 aliphatic rings. The maximum absolute atomic E-state index is 2.64. The van der Waals surface area contributed by atoms with Gasteiger partial charge >= 0.3 is 0 Å². The van der Waals surface area contributed by atoms with Crippen molar-refractivity contribution in [1.82, 2.24) is 4.90 Å². The van der Waals surface area contributed by atoms with Gasteiger partial charge in [0.1, 0.15) is 0 Å². The van der Waals surface area contributed by atoms with Crippen LogP contribution in [0, 0.1) is 23.7 Å². The van der Waals surface area contributed by atoms with E-state index in [0.717, 1.165) is 23.7 Å². The minimum Gasteiger partial charge on any atom is -0.302 e. The summed E-state index contributed by atoms with van der Waals surface area (Å²) in [6.07, 6.45) is 7.86. The van der Waals surface area contributed by atoms with Gasteiger partial charge in [-0.25, -0.2) is 0 Å². The monoisotopic (exact) mass is 177 g/mol. The molecule has 3 rings (SSSR count). The Kier molecular flexibility index (Phi) is 1.76. The normalized spacial score (nSPS) is 44.2. The molecule has 2 aliphatic carbocycles. The Balaban J connectivity index is 1.54. The lowest BCUT2D eigenvalue weighted by atomic mass is 9.91. The van der Waals surface area contributed by atoms with Crippen molar-refractivity contribution in [2.24, 2.45) is 23.7 Å². The first kappa shape index (κ1) is 8.05. The summed E-state index contributed by atoms with van der Waals surface area (Å²) in [4.78, 5) is 2.64. The van der Waals surface area contributed by atoms with Gasteiger partial charge in [-0.1, -0.05) is 19.1 Å². The van der Waals surface area contributed by atoms with Crippen molar-refractivity contribution < 1.29 is 0 Å². The second kappa shape index (κ2) is 2.84. The van der Waals surface area contributed by atoms with Gasteiger partial charge in [-0.05, 0) is 36.5 Å². The van der Waals surface area contributed by atoms with Gasteiger partial charge in [0.2, 0.25) is 0 Å². The molecule has 0 aromatic heterocycles. The summed E-state index contributed by atoms with van der Waals surface area (Å²) < 4.78 is 0. The van der Waals surface area contributed by atoms with Gasteiger partial charge in [0.05, 0.1) is 0 Å². The van der Waals surface area contributed by atoms with E-state index in [1.165, 1.54) is 32.5 Å². The third-order valence-corrected chi connectivity index (χ3v) is 4.05. The van der Waals surface area contributed by atoms with Crippen LogP contribution < -0.4 is 0 Å². The largest absolute Gasteiger partial charge is 0.302 e. The summed E-state index contributed by atoms with van der Waals surface area (Å²) in [7, 11) is 0. The van der Waals surface area contributed by atoms with Gasteiger partial charge in [-0.3, -0.25) is 0 Å². The van der Waals surface area contributed by atoms with Crippen LogP contribution in [0.1, 0.15) is 19.8 Å². The van der Waals surface area contributed by atoms with Crippen LogP contribution >= 0.6 is 0 Å². The molecule has 0 amide bonds. The minimum atomic E-state index is 0.945. The van der Waals surface area contributed by atoms with Crippen molar-refractivity contribution in [1.29, 1.82) is 0 Å². The number of fused-ring (bicyclic) bond motifs is 2. The molecule has 2 fully saturated rings. The predicted octanol–water partition coefficient (Wildman–Crippen LogP) is 2.15. The summed E-state index contributed by atoms with van der Waals surface area (Å²) in [6.45, 7) is 6.46. The Morgan fingerprint density at radius 3 is 2.62 bits per heavy atom. The van der Waals surface area contributed by atoms with Crippen LogP contribution in [0.25, 0.3) is 0 Å². The molecule has 0 aromatic carbocycles. The molecule has 0 N–H and O–H groups in total. The topological polar surface area (TPSA) is 3.24 Å². The highest BCUT2D eigenvalue weighted by molar-refractivity contribution is 5.10. The van der Waals surface area contributed by atoms with Crippen LogP contribution in [0.5, 0.6) is 0 Å². The summed E-state index contributed by atoms with van der Waals surface area (Å²) in [5.41, 5.74) is 0. The average molecular weight is 177 g/mol. The Bertz CT molecular complexity index is 227. The molecule has 1 heterocycles. The van der Waals surface area contributed by atoms with Crippen LogP contribution in [0.2, 0.25) is 0 Å². The summed E-state index contributed by atoms with van der Waals surface area (Å²) in [5.74, 6) is 3.87. The molecule has 0 radical (unpaired) electrons. The zero-order valence-corrected chi connectivity index (χ0v) is 8.45. The zero-order chi connectivity index (χ0) is 8.84. The molecule has 3 atom stereocenters. The molecule has 1 saturated heterocycles. The van der Waals surface area contributed by atoms with E-state index in [2.05, 4.69) is 24.0 Å². The Labute approximate surface area is 80.8 Å². The minimum absolute atomic E-state index is 0.945. The van der Waals surface area contributed by atoms with Crippen LogP contribution in [0.15, 0.2) is 12.2 Å².